The second-order valence-corrected chi connectivity index (χ2v) is 6.39. The van der Waals surface area contributed by atoms with Crippen molar-refractivity contribution in [3.8, 4) is 22.8 Å². The number of nitrogen functional groups attached to an aromatic ring is 1. The highest BCUT2D eigenvalue weighted by atomic mass is 35.5. The third-order valence-electron chi connectivity index (χ3n) is 4.12. The Morgan fingerprint density at radius 3 is 2.81 bits per heavy atom. The van der Waals surface area contributed by atoms with E-state index in [9.17, 15) is 0 Å². The summed E-state index contributed by atoms with van der Waals surface area (Å²) >= 11 is 6.13. The number of benzene rings is 2. The third-order valence-corrected chi connectivity index (χ3v) is 4.45. The molecule has 0 radical (unpaired) electrons. The SMILES string of the molecule is COc1cc(N)c(Cl)cc1-c1n[nH]c(Cc2cnn(-c3ccccc3)c2)n1. The van der Waals surface area contributed by atoms with Crippen LogP contribution in [0.25, 0.3) is 17.1 Å². The van der Waals surface area contributed by atoms with Gasteiger partial charge in [-0.15, -0.1) is 0 Å². The fraction of sp³-hybridized carbons (Fsp3) is 0.105. The molecule has 4 aromatic rings. The molecule has 0 bridgehead atoms. The van der Waals surface area contributed by atoms with E-state index < -0.39 is 0 Å². The van der Waals surface area contributed by atoms with Crippen molar-refractivity contribution >= 4 is 17.3 Å². The first-order valence-electron chi connectivity index (χ1n) is 8.27. The van der Waals surface area contributed by atoms with E-state index >= 15 is 0 Å². The maximum absolute atomic E-state index is 6.13. The molecule has 2 heterocycles. The van der Waals surface area contributed by atoms with Crippen molar-refractivity contribution in [2.24, 2.45) is 0 Å². The van der Waals surface area contributed by atoms with Gasteiger partial charge in [0.25, 0.3) is 0 Å². The van der Waals surface area contributed by atoms with Crippen molar-refractivity contribution in [1.82, 2.24) is 25.0 Å². The lowest BCUT2D eigenvalue weighted by Crippen LogP contribution is -1.94. The second-order valence-electron chi connectivity index (χ2n) is 5.99. The first-order valence-corrected chi connectivity index (χ1v) is 8.65. The number of nitrogens with zero attached hydrogens (tertiary/aromatic N) is 4. The molecular formula is C19H17ClN6O. The Morgan fingerprint density at radius 1 is 1.22 bits per heavy atom. The van der Waals surface area contributed by atoms with E-state index in [0.717, 1.165) is 11.3 Å². The summed E-state index contributed by atoms with van der Waals surface area (Å²) in [4.78, 5) is 4.55. The zero-order chi connectivity index (χ0) is 18.8. The minimum atomic E-state index is 0.432. The normalized spacial score (nSPS) is 10.9. The van der Waals surface area contributed by atoms with Crippen molar-refractivity contribution in [1.29, 1.82) is 0 Å². The van der Waals surface area contributed by atoms with Crippen molar-refractivity contribution in [3.63, 3.8) is 0 Å². The molecule has 0 aliphatic rings. The van der Waals surface area contributed by atoms with E-state index in [1.54, 1.807) is 19.2 Å². The van der Waals surface area contributed by atoms with E-state index in [-0.39, 0.29) is 0 Å². The second kappa shape index (κ2) is 7.13. The molecule has 3 N–H and O–H groups in total. The summed E-state index contributed by atoms with van der Waals surface area (Å²) in [6.45, 7) is 0. The quantitative estimate of drug-likeness (QED) is 0.517. The summed E-state index contributed by atoms with van der Waals surface area (Å²) in [6, 6.07) is 13.3. The van der Waals surface area contributed by atoms with Crippen molar-refractivity contribution in [2.75, 3.05) is 12.8 Å². The first-order chi connectivity index (χ1) is 13.1. The van der Waals surface area contributed by atoms with Gasteiger partial charge in [-0.1, -0.05) is 29.8 Å². The van der Waals surface area contributed by atoms with Gasteiger partial charge >= 0.3 is 0 Å². The van der Waals surface area contributed by atoms with Gasteiger partial charge in [0.05, 0.1) is 35.3 Å². The summed E-state index contributed by atoms with van der Waals surface area (Å²) in [5.74, 6) is 1.78. The summed E-state index contributed by atoms with van der Waals surface area (Å²) in [6.07, 6.45) is 4.36. The monoisotopic (exact) mass is 380 g/mol. The average molecular weight is 381 g/mol. The highest BCUT2D eigenvalue weighted by Crippen LogP contribution is 2.34. The molecule has 2 aromatic heterocycles. The van der Waals surface area contributed by atoms with Gasteiger partial charge in [0, 0.05) is 18.7 Å². The molecule has 0 aliphatic heterocycles. The van der Waals surface area contributed by atoms with Gasteiger partial charge in [-0.25, -0.2) is 9.67 Å². The largest absolute Gasteiger partial charge is 0.496 e. The lowest BCUT2D eigenvalue weighted by molar-refractivity contribution is 0.416. The van der Waals surface area contributed by atoms with E-state index in [1.165, 1.54) is 0 Å². The van der Waals surface area contributed by atoms with Gasteiger partial charge in [-0.05, 0) is 23.8 Å². The highest BCUT2D eigenvalue weighted by molar-refractivity contribution is 6.33. The molecule has 27 heavy (non-hydrogen) atoms. The molecule has 7 nitrogen and oxygen atoms in total. The van der Waals surface area contributed by atoms with Gasteiger partial charge < -0.3 is 10.5 Å². The average Bonchev–Trinajstić information content (AvgIpc) is 3.34. The summed E-state index contributed by atoms with van der Waals surface area (Å²) in [5, 5.41) is 12.1. The minimum Gasteiger partial charge on any atom is -0.496 e. The van der Waals surface area contributed by atoms with E-state index in [2.05, 4.69) is 20.3 Å². The van der Waals surface area contributed by atoms with Crippen LogP contribution in [0.15, 0.2) is 54.9 Å². The van der Waals surface area contributed by atoms with Gasteiger partial charge in [0.2, 0.25) is 0 Å². The molecule has 8 heteroatoms. The zero-order valence-electron chi connectivity index (χ0n) is 14.6. The van der Waals surface area contributed by atoms with Crippen LogP contribution in [0.2, 0.25) is 5.02 Å². The molecule has 0 amide bonds. The predicted molar refractivity (Wildman–Crippen MR) is 104 cm³/mol. The number of ether oxygens (including phenoxy) is 1. The van der Waals surface area contributed by atoms with Gasteiger partial charge in [-0.3, -0.25) is 5.10 Å². The number of methoxy groups -OCH3 is 1. The predicted octanol–water partition coefficient (Wildman–Crippen LogP) is 3.49. The van der Waals surface area contributed by atoms with Crippen LogP contribution in [-0.4, -0.2) is 32.1 Å². The number of H-pyrrole nitrogens is 1. The molecular weight excluding hydrogens is 364 g/mol. The Labute approximate surface area is 160 Å². The topological polar surface area (TPSA) is 94.6 Å². The summed E-state index contributed by atoms with van der Waals surface area (Å²) < 4.78 is 7.20. The third kappa shape index (κ3) is 3.50. The molecule has 136 valence electrons. The number of para-hydroxylation sites is 1. The van der Waals surface area contributed by atoms with Crippen LogP contribution in [-0.2, 0) is 6.42 Å². The molecule has 0 saturated carbocycles. The number of hydrogen-bond donors (Lipinski definition) is 2. The number of nitrogens with two attached hydrogens (primary N) is 1. The Morgan fingerprint density at radius 2 is 2.04 bits per heavy atom. The number of aromatic nitrogens is 5. The fourth-order valence-corrected chi connectivity index (χ4v) is 2.94. The number of nitrogens with one attached hydrogen (secondary N) is 1. The lowest BCUT2D eigenvalue weighted by Gasteiger charge is -2.07. The molecule has 0 unspecified atom stereocenters. The number of halogens is 1. The van der Waals surface area contributed by atoms with Crippen LogP contribution in [0.1, 0.15) is 11.4 Å². The van der Waals surface area contributed by atoms with Crippen LogP contribution in [0.5, 0.6) is 5.75 Å². The fourth-order valence-electron chi connectivity index (χ4n) is 2.77. The molecule has 4 rings (SSSR count). The van der Waals surface area contributed by atoms with Crippen LogP contribution in [0.4, 0.5) is 5.69 Å². The van der Waals surface area contributed by atoms with Crippen molar-refractivity contribution in [2.45, 2.75) is 6.42 Å². The van der Waals surface area contributed by atoms with Gasteiger partial charge in [-0.2, -0.15) is 10.2 Å². The van der Waals surface area contributed by atoms with Crippen LogP contribution < -0.4 is 10.5 Å². The molecule has 0 saturated heterocycles. The van der Waals surface area contributed by atoms with E-state index in [0.29, 0.717) is 40.1 Å². The summed E-state index contributed by atoms with van der Waals surface area (Å²) in [5.41, 5.74) is 8.98. The Balaban J connectivity index is 1.58. The van der Waals surface area contributed by atoms with Crippen LogP contribution >= 0.6 is 11.6 Å². The zero-order valence-corrected chi connectivity index (χ0v) is 15.3. The molecule has 0 fully saturated rings. The molecule has 0 aliphatic carbocycles. The van der Waals surface area contributed by atoms with Crippen LogP contribution in [0.3, 0.4) is 0 Å². The van der Waals surface area contributed by atoms with Gasteiger partial charge in [0.15, 0.2) is 5.82 Å². The Hall–Kier alpha value is -3.32. The number of anilines is 1. The maximum atomic E-state index is 6.13. The maximum Gasteiger partial charge on any atom is 0.184 e. The van der Waals surface area contributed by atoms with E-state index in [1.807, 2.05) is 47.4 Å². The summed E-state index contributed by atoms with van der Waals surface area (Å²) in [7, 11) is 1.57. The standard InChI is InChI=1S/C19H17ClN6O/c1-27-17-9-16(21)15(20)8-14(17)19-23-18(24-25-19)7-12-10-22-26(11-12)13-5-3-2-4-6-13/h2-6,8-11H,7,21H2,1H3,(H,23,24,25). The number of hydrogen-bond acceptors (Lipinski definition) is 5. The lowest BCUT2D eigenvalue weighted by atomic mass is 10.1. The first kappa shape index (κ1) is 17.1. The van der Waals surface area contributed by atoms with Crippen LogP contribution in [0, 0.1) is 0 Å². The number of rotatable bonds is 5. The number of aromatic amines is 1. The van der Waals surface area contributed by atoms with Crippen molar-refractivity contribution < 1.29 is 4.74 Å². The molecule has 2 aromatic carbocycles. The minimum absolute atomic E-state index is 0.432. The smallest absolute Gasteiger partial charge is 0.184 e. The Kier molecular flexibility index (Phi) is 4.52. The molecule has 0 atom stereocenters. The molecule has 0 spiro atoms. The van der Waals surface area contributed by atoms with Crippen molar-refractivity contribution in [3.05, 3.63) is 71.3 Å². The highest BCUT2D eigenvalue weighted by Gasteiger charge is 2.15. The van der Waals surface area contributed by atoms with Gasteiger partial charge in [0.1, 0.15) is 11.6 Å². The Bertz CT molecular complexity index is 1070. The van der Waals surface area contributed by atoms with E-state index in [4.69, 9.17) is 22.1 Å².